The Morgan fingerprint density at radius 3 is 2.50 bits per heavy atom. The van der Waals surface area contributed by atoms with Crippen molar-refractivity contribution in [2.45, 2.75) is 33.2 Å². The first kappa shape index (κ1) is 19.6. The number of anilines is 2. The highest BCUT2D eigenvalue weighted by Gasteiger charge is 2.29. The van der Waals surface area contributed by atoms with Gasteiger partial charge in [0.1, 0.15) is 5.82 Å². The van der Waals surface area contributed by atoms with Gasteiger partial charge >= 0.3 is 0 Å². The molecular weight excluding hydrogens is 358 g/mol. The van der Waals surface area contributed by atoms with Crippen molar-refractivity contribution in [3.63, 3.8) is 0 Å². The molecule has 0 spiro atoms. The number of hydrogen-bond donors (Lipinski definition) is 2. The van der Waals surface area contributed by atoms with Crippen LogP contribution in [0.4, 0.5) is 11.4 Å². The van der Waals surface area contributed by atoms with Crippen molar-refractivity contribution in [2.24, 2.45) is 5.92 Å². The van der Waals surface area contributed by atoms with Gasteiger partial charge in [0.25, 0.3) is 0 Å². The second-order valence-corrected chi connectivity index (χ2v) is 6.89. The van der Waals surface area contributed by atoms with Gasteiger partial charge in [-0.15, -0.1) is 0 Å². The lowest BCUT2D eigenvalue weighted by atomic mass is 9.98. The van der Waals surface area contributed by atoms with Gasteiger partial charge in [0, 0.05) is 50.2 Å². The number of nitrogens with one attached hydrogen (secondary N) is 2. The van der Waals surface area contributed by atoms with Crippen LogP contribution in [0.3, 0.4) is 0 Å². The average molecular weight is 383 g/mol. The molecule has 2 N–H and O–H groups in total. The lowest BCUT2D eigenvalue weighted by Gasteiger charge is -2.29. The third kappa shape index (κ3) is 4.76. The molecule has 8 heteroatoms. The summed E-state index contributed by atoms with van der Waals surface area (Å²) in [5.74, 6) is 0.470. The van der Waals surface area contributed by atoms with Crippen LogP contribution in [-0.2, 0) is 27.3 Å². The Bertz CT molecular complexity index is 859. The van der Waals surface area contributed by atoms with Crippen LogP contribution in [0, 0.1) is 5.92 Å². The smallest absolute Gasteiger partial charge is 0.243 e. The van der Waals surface area contributed by atoms with E-state index in [4.69, 9.17) is 0 Å². The Balaban J connectivity index is 1.55. The van der Waals surface area contributed by atoms with Crippen molar-refractivity contribution < 1.29 is 14.4 Å². The minimum atomic E-state index is -0.249. The summed E-state index contributed by atoms with van der Waals surface area (Å²) in [5, 5.41) is 5.47. The quantitative estimate of drug-likeness (QED) is 0.796. The maximum absolute atomic E-state index is 12.9. The first-order chi connectivity index (χ1) is 13.5. The second-order valence-electron chi connectivity index (χ2n) is 6.89. The van der Waals surface area contributed by atoms with E-state index in [1.165, 1.54) is 6.92 Å². The van der Waals surface area contributed by atoms with E-state index in [9.17, 15) is 14.4 Å². The van der Waals surface area contributed by atoms with E-state index >= 15 is 0 Å². The number of rotatable bonds is 6. The molecule has 0 bridgehead atoms. The highest BCUT2D eigenvalue weighted by atomic mass is 16.2. The number of carbonyl (C=O) groups excluding carboxylic acids is 3. The molecule has 0 fully saturated rings. The predicted octanol–water partition coefficient (Wildman–Crippen LogP) is 1.89. The van der Waals surface area contributed by atoms with E-state index in [0.29, 0.717) is 24.5 Å². The van der Waals surface area contributed by atoms with Crippen LogP contribution in [-0.4, -0.2) is 45.3 Å². The molecule has 0 aliphatic carbocycles. The summed E-state index contributed by atoms with van der Waals surface area (Å²) in [7, 11) is 0. The highest BCUT2D eigenvalue weighted by Crippen LogP contribution is 2.21. The summed E-state index contributed by atoms with van der Waals surface area (Å²) in [6.45, 7) is 4.40. The van der Waals surface area contributed by atoms with Gasteiger partial charge in [-0.2, -0.15) is 0 Å². The molecule has 28 heavy (non-hydrogen) atoms. The summed E-state index contributed by atoms with van der Waals surface area (Å²) < 4.78 is 2.01. The fourth-order valence-corrected chi connectivity index (χ4v) is 3.39. The molecule has 0 saturated heterocycles. The summed E-state index contributed by atoms with van der Waals surface area (Å²) in [6, 6.07) is 6.85. The topological polar surface area (TPSA) is 96.3 Å². The first-order valence-corrected chi connectivity index (χ1v) is 9.42. The van der Waals surface area contributed by atoms with Crippen LogP contribution in [0.25, 0.3) is 0 Å². The number of nitrogens with zero attached hydrogens (tertiary/aromatic N) is 3. The molecule has 0 saturated carbocycles. The minimum absolute atomic E-state index is 0.00185. The number of benzene rings is 1. The molecule has 2 heterocycles. The monoisotopic (exact) mass is 383 g/mol. The van der Waals surface area contributed by atoms with Crippen LogP contribution < -0.4 is 10.6 Å². The molecule has 1 aliphatic heterocycles. The molecule has 8 nitrogen and oxygen atoms in total. The fraction of sp³-hybridized carbons (Fsp3) is 0.400. The zero-order chi connectivity index (χ0) is 20.1. The Morgan fingerprint density at radius 1 is 1.18 bits per heavy atom. The van der Waals surface area contributed by atoms with E-state index in [2.05, 4.69) is 15.6 Å². The molecular formula is C20H25N5O3. The molecule has 1 atom stereocenters. The molecule has 148 valence electrons. The number of hydrogen-bond acceptors (Lipinski definition) is 4. The number of carbonyl (C=O) groups is 3. The van der Waals surface area contributed by atoms with Gasteiger partial charge in [-0.1, -0.05) is 0 Å². The van der Waals surface area contributed by atoms with Crippen molar-refractivity contribution in [1.29, 1.82) is 0 Å². The van der Waals surface area contributed by atoms with Crippen molar-refractivity contribution in [2.75, 3.05) is 23.7 Å². The van der Waals surface area contributed by atoms with Crippen LogP contribution in [0.5, 0.6) is 0 Å². The van der Waals surface area contributed by atoms with Gasteiger partial charge < -0.3 is 20.1 Å². The number of aryl methyl sites for hydroxylation is 1. The second kappa shape index (κ2) is 8.69. The van der Waals surface area contributed by atoms with Crippen molar-refractivity contribution >= 4 is 29.1 Å². The minimum Gasteiger partial charge on any atom is -0.334 e. The van der Waals surface area contributed by atoms with Crippen molar-refractivity contribution in [1.82, 2.24) is 14.5 Å². The van der Waals surface area contributed by atoms with Gasteiger partial charge in [-0.05, 0) is 37.6 Å². The maximum Gasteiger partial charge on any atom is 0.243 e. The summed E-state index contributed by atoms with van der Waals surface area (Å²) >= 11 is 0. The Labute approximate surface area is 163 Å². The van der Waals surface area contributed by atoms with Crippen LogP contribution in [0.2, 0.25) is 0 Å². The van der Waals surface area contributed by atoms with Gasteiger partial charge in [0.05, 0.1) is 12.5 Å². The van der Waals surface area contributed by atoms with E-state index in [1.54, 1.807) is 35.4 Å². The third-order valence-corrected chi connectivity index (χ3v) is 4.80. The molecule has 1 aromatic carbocycles. The molecule has 3 rings (SSSR count). The van der Waals surface area contributed by atoms with Gasteiger partial charge in [-0.3, -0.25) is 14.4 Å². The lowest BCUT2D eigenvalue weighted by molar-refractivity contribution is -0.139. The fourth-order valence-electron chi connectivity index (χ4n) is 3.39. The summed E-state index contributed by atoms with van der Waals surface area (Å²) in [5.41, 5.74) is 1.27. The standard InChI is InChI=1S/C20H25N5O3/c1-3-24(20(28)15-4-9-18-21-10-11-25(18)12-15)13-19(27)23-17-7-5-16(6-8-17)22-14(2)26/h5-8,10-11,15H,3-4,9,12-13H2,1-2H3,(H,22,26)(H,23,27). The number of likely N-dealkylation sites (N-methyl/N-ethyl adjacent to an activating group) is 1. The summed E-state index contributed by atoms with van der Waals surface area (Å²) in [4.78, 5) is 42.2. The Kier molecular flexibility index (Phi) is 6.08. The highest BCUT2D eigenvalue weighted by molar-refractivity contribution is 5.95. The first-order valence-electron chi connectivity index (χ1n) is 9.42. The molecule has 0 radical (unpaired) electrons. The van der Waals surface area contributed by atoms with Crippen LogP contribution >= 0.6 is 0 Å². The molecule has 1 unspecified atom stereocenters. The molecule has 3 amide bonds. The average Bonchev–Trinajstić information content (AvgIpc) is 3.14. The summed E-state index contributed by atoms with van der Waals surface area (Å²) in [6.07, 6.45) is 5.17. The van der Waals surface area contributed by atoms with Gasteiger partial charge in [0.15, 0.2) is 0 Å². The van der Waals surface area contributed by atoms with E-state index in [1.807, 2.05) is 17.7 Å². The van der Waals surface area contributed by atoms with Crippen molar-refractivity contribution in [3.8, 4) is 0 Å². The zero-order valence-electron chi connectivity index (χ0n) is 16.1. The maximum atomic E-state index is 12.9. The van der Waals surface area contributed by atoms with E-state index < -0.39 is 0 Å². The normalized spacial score (nSPS) is 15.4. The number of amides is 3. The Morgan fingerprint density at radius 2 is 1.86 bits per heavy atom. The van der Waals surface area contributed by atoms with Crippen LogP contribution in [0.15, 0.2) is 36.7 Å². The third-order valence-electron chi connectivity index (χ3n) is 4.80. The SMILES string of the molecule is CCN(CC(=O)Nc1ccc(NC(C)=O)cc1)C(=O)C1CCc2nccn2C1. The molecule has 2 aromatic rings. The van der Waals surface area contributed by atoms with E-state index in [-0.39, 0.29) is 30.2 Å². The zero-order valence-corrected chi connectivity index (χ0v) is 16.1. The van der Waals surface area contributed by atoms with E-state index in [0.717, 1.165) is 18.7 Å². The lowest BCUT2D eigenvalue weighted by Crippen LogP contribution is -2.43. The molecule has 1 aliphatic rings. The van der Waals surface area contributed by atoms with Gasteiger partial charge in [-0.25, -0.2) is 4.98 Å². The predicted molar refractivity (Wildman–Crippen MR) is 106 cm³/mol. The largest absolute Gasteiger partial charge is 0.334 e. The van der Waals surface area contributed by atoms with Gasteiger partial charge in [0.2, 0.25) is 17.7 Å². The number of fused-ring (bicyclic) bond motifs is 1. The van der Waals surface area contributed by atoms with Crippen molar-refractivity contribution in [3.05, 3.63) is 42.5 Å². The van der Waals surface area contributed by atoms with Crippen LogP contribution in [0.1, 0.15) is 26.1 Å². The molecule has 1 aromatic heterocycles. The Hall–Kier alpha value is -3.16. The number of aromatic nitrogens is 2. The number of imidazole rings is 1.